The molecular formula is C23H29N7O. The first-order valence-corrected chi connectivity index (χ1v) is 10.5. The minimum atomic E-state index is 0.00763. The number of aryl methyl sites for hydroxylation is 3. The lowest BCUT2D eigenvalue weighted by Crippen LogP contribution is -2.35. The first-order valence-electron chi connectivity index (χ1n) is 10.5. The lowest BCUT2D eigenvalue weighted by molar-refractivity contribution is 0.0772. The summed E-state index contributed by atoms with van der Waals surface area (Å²) in [5.41, 5.74) is 5.17. The largest absolute Gasteiger partial charge is 0.336 e. The maximum atomic E-state index is 13.1. The molecule has 1 aliphatic rings. The molecule has 0 saturated carbocycles. The Morgan fingerprint density at radius 1 is 1.13 bits per heavy atom. The molecule has 1 aliphatic heterocycles. The first kappa shape index (κ1) is 21.0. The molecule has 1 fully saturated rings. The summed E-state index contributed by atoms with van der Waals surface area (Å²) in [5, 5.41) is 7.81. The van der Waals surface area contributed by atoms with E-state index in [1.807, 2.05) is 11.0 Å². The van der Waals surface area contributed by atoms with Gasteiger partial charge < -0.3 is 15.1 Å². The predicted octanol–water partition coefficient (Wildman–Crippen LogP) is 3.01. The van der Waals surface area contributed by atoms with Gasteiger partial charge >= 0.3 is 0 Å². The van der Waals surface area contributed by atoms with Crippen molar-refractivity contribution < 1.29 is 4.79 Å². The molecule has 0 spiro atoms. The summed E-state index contributed by atoms with van der Waals surface area (Å²) in [6, 6.07) is 10.2. The summed E-state index contributed by atoms with van der Waals surface area (Å²) in [7, 11) is 5.91. The van der Waals surface area contributed by atoms with Gasteiger partial charge in [0.15, 0.2) is 0 Å². The molecule has 8 nitrogen and oxygen atoms in total. The van der Waals surface area contributed by atoms with E-state index >= 15 is 0 Å². The van der Waals surface area contributed by atoms with Crippen LogP contribution in [0.5, 0.6) is 0 Å². The number of carbonyl (C=O) groups excluding carboxylic acids is 1. The number of benzene rings is 1. The van der Waals surface area contributed by atoms with Crippen molar-refractivity contribution in [1.82, 2.24) is 29.5 Å². The van der Waals surface area contributed by atoms with E-state index in [0.29, 0.717) is 29.1 Å². The number of amides is 1. The summed E-state index contributed by atoms with van der Waals surface area (Å²) in [6.45, 7) is 5.62. The predicted molar refractivity (Wildman–Crippen MR) is 121 cm³/mol. The van der Waals surface area contributed by atoms with Gasteiger partial charge in [-0.05, 0) is 69.8 Å². The first-order chi connectivity index (χ1) is 14.8. The molecular weight excluding hydrogens is 390 g/mol. The third-order valence-electron chi connectivity index (χ3n) is 5.68. The number of carbonyl (C=O) groups is 1. The fraction of sp³-hybridized carbons (Fsp3) is 0.391. The smallest absolute Gasteiger partial charge is 0.272 e. The number of likely N-dealkylation sites (N-methyl/N-ethyl adjacent to an activating group) is 1. The number of rotatable bonds is 5. The van der Waals surface area contributed by atoms with Crippen LogP contribution in [0.2, 0.25) is 0 Å². The topological polar surface area (TPSA) is 79.2 Å². The molecule has 31 heavy (non-hydrogen) atoms. The Morgan fingerprint density at radius 3 is 2.55 bits per heavy atom. The fourth-order valence-corrected chi connectivity index (χ4v) is 4.04. The molecule has 3 aromatic rings. The molecule has 4 rings (SSSR count). The average Bonchev–Trinajstić information content (AvgIpc) is 3.34. The third kappa shape index (κ3) is 4.59. The summed E-state index contributed by atoms with van der Waals surface area (Å²) in [5.74, 6) is 0.502. The van der Waals surface area contributed by atoms with Gasteiger partial charge in [0, 0.05) is 38.1 Å². The number of hydrogen-bond acceptors (Lipinski definition) is 6. The lowest BCUT2D eigenvalue weighted by Gasteiger charge is -2.20. The highest BCUT2D eigenvalue weighted by Crippen LogP contribution is 2.23. The van der Waals surface area contributed by atoms with Gasteiger partial charge in [-0.1, -0.05) is 6.07 Å². The molecule has 0 bridgehead atoms. The third-order valence-corrected chi connectivity index (χ3v) is 5.68. The van der Waals surface area contributed by atoms with Gasteiger partial charge in [-0.2, -0.15) is 5.10 Å². The normalized spacial score (nSPS) is 16.2. The van der Waals surface area contributed by atoms with Crippen molar-refractivity contribution in [2.45, 2.75) is 26.3 Å². The number of nitrogens with zero attached hydrogens (tertiary/aromatic N) is 6. The molecule has 0 aliphatic carbocycles. The number of likely N-dealkylation sites (tertiary alicyclic amines) is 1. The van der Waals surface area contributed by atoms with Crippen molar-refractivity contribution >= 4 is 17.5 Å². The fourth-order valence-electron chi connectivity index (χ4n) is 4.04. The maximum Gasteiger partial charge on any atom is 0.272 e. The van der Waals surface area contributed by atoms with Gasteiger partial charge in [-0.25, -0.2) is 9.97 Å². The summed E-state index contributed by atoms with van der Waals surface area (Å²) in [4.78, 5) is 26.1. The van der Waals surface area contributed by atoms with Crippen LogP contribution in [0.15, 0.2) is 36.5 Å². The van der Waals surface area contributed by atoms with Crippen molar-refractivity contribution in [3.63, 3.8) is 0 Å². The van der Waals surface area contributed by atoms with Crippen LogP contribution in [-0.2, 0) is 7.05 Å². The second-order valence-corrected chi connectivity index (χ2v) is 8.46. The van der Waals surface area contributed by atoms with E-state index in [-0.39, 0.29) is 5.91 Å². The van der Waals surface area contributed by atoms with Crippen LogP contribution in [-0.4, -0.2) is 68.7 Å². The zero-order valence-corrected chi connectivity index (χ0v) is 18.8. The molecule has 3 heterocycles. The zero-order valence-electron chi connectivity index (χ0n) is 18.8. The number of anilines is 2. The van der Waals surface area contributed by atoms with Gasteiger partial charge in [0.1, 0.15) is 11.4 Å². The van der Waals surface area contributed by atoms with Gasteiger partial charge in [0.2, 0.25) is 5.95 Å². The lowest BCUT2D eigenvalue weighted by atomic mass is 10.1. The van der Waals surface area contributed by atoms with E-state index in [2.05, 4.69) is 71.4 Å². The molecule has 162 valence electrons. The molecule has 2 aromatic heterocycles. The molecule has 1 amide bonds. The van der Waals surface area contributed by atoms with E-state index in [4.69, 9.17) is 0 Å². The van der Waals surface area contributed by atoms with Gasteiger partial charge in [-0.15, -0.1) is 0 Å². The maximum absolute atomic E-state index is 13.1. The molecule has 1 atom stereocenters. The van der Waals surface area contributed by atoms with Crippen LogP contribution in [0.3, 0.4) is 0 Å². The highest BCUT2D eigenvalue weighted by Gasteiger charge is 2.30. The number of hydrogen-bond donors (Lipinski definition) is 1. The second kappa shape index (κ2) is 8.47. The van der Waals surface area contributed by atoms with Crippen molar-refractivity contribution in [1.29, 1.82) is 0 Å². The van der Waals surface area contributed by atoms with Crippen molar-refractivity contribution in [3.05, 3.63) is 53.3 Å². The molecule has 1 N–H and O–H groups in total. The molecule has 0 radical (unpaired) electrons. The minimum Gasteiger partial charge on any atom is -0.336 e. The monoisotopic (exact) mass is 419 g/mol. The van der Waals surface area contributed by atoms with E-state index in [0.717, 1.165) is 25.2 Å². The Kier molecular flexibility index (Phi) is 5.73. The van der Waals surface area contributed by atoms with Crippen LogP contribution < -0.4 is 5.32 Å². The Hall–Kier alpha value is -3.26. The Bertz CT molecular complexity index is 1080. The van der Waals surface area contributed by atoms with E-state index < -0.39 is 0 Å². The Morgan fingerprint density at radius 2 is 1.87 bits per heavy atom. The van der Waals surface area contributed by atoms with Crippen LogP contribution in [0.25, 0.3) is 11.4 Å². The Labute approximate surface area is 182 Å². The number of nitrogens with one attached hydrogen (secondary N) is 1. The quantitative estimate of drug-likeness (QED) is 0.685. The van der Waals surface area contributed by atoms with Gasteiger partial charge in [0.25, 0.3) is 5.91 Å². The SMILES string of the molecule is Cc1cc(C)cc(Nc2nccc(-c3cc(C(=O)N4CC[C@@H](N(C)C)C4)n(C)n3)n2)c1. The average molecular weight is 420 g/mol. The van der Waals surface area contributed by atoms with Crippen LogP contribution in [0, 0.1) is 13.8 Å². The highest BCUT2D eigenvalue weighted by molar-refractivity contribution is 5.93. The summed E-state index contributed by atoms with van der Waals surface area (Å²) in [6.07, 6.45) is 2.69. The highest BCUT2D eigenvalue weighted by atomic mass is 16.2. The molecule has 1 saturated heterocycles. The standard InChI is InChI=1S/C23H29N7O/c1-15-10-16(2)12-17(11-15)25-23-24-8-6-19(26-23)20-13-21(29(5)27-20)22(31)30-9-7-18(14-30)28(3)4/h6,8,10-13,18H,7,9,14H2,1-5H3,(H,24,25,26)/t18-/m1/s1. The number of aromatic nitrogens is 4. The van der Waals surface area contributed by atoms with Crippen molar-refractivity contribution in [2.75, 3.05) is 32.5 Å². The molecule has 0 unspecified atom stereocenters. The van der Waals surface area contributed by atoms with Gasteiger partial charge in [0.05, 0.1) is 5.69 Å². The molecule has 8 heteroatoms. The summed E-state index contributed by atoms with van der Waals surface area (Å²) >= 11 is 0. The van der Waals surface area contributed by atoms with Crippen LogP contribution in [0.4, 0.5) is 11.6 Å². The van der Waals surface area contributed by atoms with Gasteiger partial charge in [-0.3, -0.25) is 9.48 Å². The van der Waals surface area contributed by atoms with E-state index in [1.165, 1.54) is 11.1 Å². The van der Waals surface area contributed by atoms with E-state index in [1.54, 1.807) is 24.0 Å². The van der Waals surface area contributed by atoms with E-state index in [9.17, 15) is 4.79 Å². The second-order valence-electron chi connectivity index (χ2n) is 8.46. The molecule has 1 aromatic carbocycles. The Balaban J connectivity index is 1.54. The minimum absolute atomic E-state index is 0.00763. The van der Waals surface area contributed by atoms with Crippen molar-refractivity contribution in [2.24, 2.45) is 7.05 Å². The van der Waals surface area contributed by atoms with Crippen LogP contribution in [0.1, 0.15) is 28.0 Å². The zero-order chi connectivity index (χ0) is 22.1. The summed E-state index contributed by atoms with van der Waals surface area (Å²) < 4.78 is 1.64. The van der Waals surface area contributed by atoms with Crippen molar-refractivity contribution in [3.8, 4) is 11.4 Å². The van der Waals surface area contributed by atoms with Crippen LogP contribution >= 0.6 is 0 Å².